The molecule has 0 fully saturated rings. The molecular formula is C31H34N2O7. The maximum atomic E-state index is 12.2. The SMILES string of the molecule is CCCCOC(=O)c1ccc(NC(=O)COC(=O)CCC(=O)Nc2ccc(Oc3ccc(C)c(C)c3)cc2)cc1. The number of benzene rings is 3. The third kappa shape index (κ3) is 9.90. The topological polar surface area (TPSA) is 120 Å². The molecule has 0 aliphatic rings. The number of rotatable bonds is 13. The molecule has 210 valence electrons. The second-order valence-corrected chi connectivity index (χ2v) is 9.20. The minimum atomic E-state index is -0.674. The zero-order chi connectivity index (χ0) is 28.9. The molecule has 9 nitrogen and oxygen atoms in total. The Bertz CT molecular complexity index is 1320. The van der Waals surface area contributed by atoms with E-state index in [0.717, 1.165) is 24.2 Å². The van der Waals surface area contributed by atoms with Gasteiger partial charge in [0.2, 0.25) is 5.91 Å². The van der Waals surface area contributed by atoms with Gasteiger partial charge in [0, 0.05) is 17.8 Å². The molecule has 0 aliphatic carbocycles. The van der Waals surface area contributed by atoms with Crippen molar-refractivity contribution in [3.63, 3.8) is 0 Å². The van der Waals surface area contributed by atoms with Crippen LogP contribution in [0, 0.1) is 13.8 Å². The van der Waals surface area contributed by atoms with Crippen LogP contribution in [0.4, 0.5) is 11.4 Å². The summed E-state index contributed by atoms with van der Waals surface area (Å²) < 4.78 is 15.9. The molecule has 0 radical (unpaired) electrons. The summed E-state index contributed by atoms with van der Waals surface area (Å²) in [5.74, 6) is -0.651. The molecule has 0 saturated heterocycles. The first-order chi connectivity index (χ1) is 19.2. The van der Waals surface area contributed by atoms with E-state index in [1.165, 1.54) is 5.56 Å². The number of amides is 2. The van der Waals surface area contributed by atoms with Gasteiger partial charge < -0.3 is 24.8 Å². The Kier molecular flexibility index (Phi) is 11.3. The van der Waals surface area contributed by atoms with Crippen LogP contribution >= 0.6 is 0 Å². The minimum Gasteiger partial charge on any atom is -0.462 e. The molecule has 3 aromatic carbocycles. The standard InChI is InChI=1S/C31H34N2O7/c1-4-5-18-38-31(37)23-7-9-24(10-8-23)33-29(35)20-39-30(36)17-16-28(34)32-25-11-14-26(15-12-25)40-27-13-6-21(2)22(3)19-27/h6-15,19H,4-5,16-18,20H2,1-3H3,(H,32,34)(H,33,35). The number of carbonyl (C=O) groups is 4. The highest BCUT2D eigenvalue weighted by molar-refractivity contribution is 5.95. The molecule has 0 spiro atoms. The Balaban J connectivity index is 1.34. The molecule has 40 heavy (non-hydrogen) atoms. The quantitative estimate of drug-likeness (QED) is 0.201. The van der Waals surface area contributed by atoms with Crippen molar-refractivity contribution >= 4 is 35.1 Å². The lowest BCUT2D eigenvalue weighted by Gasteiger charge is -2.10. The van der Waals surface area contributed by atoms with Crippen molar-refractivity contribution in [3.05, 3.63) is 83.4 Å². The Hall–Kier alpha value is -4.66. The zero-order valence-electron chi connectivity index (χ0n) is 23.0. The predicted molar refractivity (Wildman–Crippen MR) is 152 cm³/mol. The molecule has 3 aromatic rings. The van der Waals surface area contributed by atoms with E-state index in [4.69, 9.17) is 14.2 Å². The van der Waals surface area contributed by atoms with Crippen LogP contribution in [0.1, 0.15) is 54.1 Å². The Labute approximate surface area is 233 Å². The van der Waals surface area contributed by atoms with E-state index < -0.39 is 24.5 Å². The van der Waals surface area contributed by atoms with E-state index >= 15 is 0 Å². The molecule has 2 amide bonds. The highest BCUT2D eigenvalue weighted by Crippen LogP contribution is 2.25. The van der Waals surface area contributed by atoms with Crippen molar-refractivity contribution in [2.45, 2.75) is 46.5 Å². The molecule has 0 saturated carbocycles. The van der Waals surface area contributed by atoms with E-state index in [9.17, 15) is 19.2 Å². The van der Waals surface area contributed by atoms with Gasteiger partial charge in [-0.2, -0.15) is 0 Å². The third-order valence-corrected chi connectivity index (χ3v) is 5.91. The van der Waals surface area contributed by atoms with Crippen LogP contribution in [-0.4, -0.2) is 37.0 Å². The minimum absolute atomic E-state index is 0.100. The van der Waals surface area contributed by atoms with Gasteiger partial charge in [0.25, 0.3) is 5.91 Å². The lowest BCUT2D eigenvalue weighted by atomic mass is 10.1. The number of carbonyl (C=O) groups excluding carboxylic acids is 4. The maximum absolute atomic E-state index is 12.2. The number of ether oxygens (including phenoxy) is 3. The molecule has 3 rings (SSSR count). The van der Waals surface area contributed by atoms with Gasteiger partial charge in [-0.25, -0.2) is 4.79 Å². The van der Waals surface area contributed by atoms with Gasteiger partial charge in [-0.3, -0.25) is 14.4 Å². The van der Waals surface area contributed by atoms with Crippen molar-refractivity contribution in [3.8, 4) is 11.5 Å². The van der Waals surface area contributed by atoms with Gasteiger partial charge in [0.15, 0.2) is 6.61 Å². The van der Waals surface area contributed by atoms with Gasteiger partial charge in [0.1, 0.15) is 11.5 Å². The van der Waals surface area contributed by atoms with Crippen LogP contribution < -0.4 is 15.4 Å². The average Bonchev–Trinajstić information content (AvgIpc) is 2.94. The second kappa shape index (κ2) is 15.1. The van der Waals surface area contributed by atoms with Crippen LogP contribution in [0.15, 0.2) is 66.7 Å². The molecule has 0 bridgehead atoms. The van der Waals surface area contributed by atoms with Gasteiger partial charge >= 0.3 is 11.9 Å². The van der Waals surface area contributed by atoms with Crippen molar-refractivity contribution in [2.75, 3.05) is 23.8 Å². The smallest absolute Gasteiger partial charge is 0.338 e. The number of hydrogen-bond donors (Lipinski definition) is 2. The fourth-order valence-corrected chi connectivity index (χ4v) is 3.46. The van der Waals surface area contributed by atoms with Gasteiger partial charge in [-0.15, -0.1) is 0 Å². The molecule has 0 heterocycles. The van der Waals surface area contributed by atoms with Crippen LogP contribution in [0.25, 0.3) is 0 Å². The number of hydrogen-bond acceptors (Lipinski definition) is 7. The highest BCUT2D eigenvalue weighted by atomic mass is 16.5. The van der Waals surface area contributed by atoms with Crippen molar-refractivity contribution < 1.29 is 33.4 Å². The number of esters is 2. The Morgan fingerprint density at radius 3 is 1.98 bits per heavy atom. The number of aryl methyl sites for hydroxylation is 2. The van der Waals surface area contributed by atoms with E-state index in [-0.39, 0.29) is 18.7 Å². The summed E-state index contributed by atoms with van der Waals surface area (Å²) in [5, 5.41) is 5.29. The summed E-state index contributed by atoms with van der Waals surface area (Å²) in [7, 11) is 0. The highest BCUT2D eigenvalue weighted by Gasteiger charge is 2.12. The zero-order valence-corrected chi connectivity index (χ0v) is 23.0. The van der Waals surface area contributed by atoms with Crippen molar-refractivity contribution in [2.24, 2.45) is 0 Å². The molecule has 2 N–H and O–H groups in total. The summed E-state index contributed by atoms with van der Waals surface area (Å²) >= 11 is 0. The molecular weight excluding hydrogens is 512 g/mol. The normalized spacial score (nSPS) is 10.4. The van der Waals surface area contributed by atoms with E-state index in [2.05, 4.69) is 10.6 Å². The summed E-state index contributed by atoms with van der Waals surface area (Å²) in [6.07, 6.45) is 1.44. The maximum Gasteiger partial charge on any atom is 0.338 e. The molecule has 0 unspecified atom stereocenters. The fraction of sp³-hybridized carbons (Fsp3) is 0.290. The van der Waals surface area contributed by atoms with Gasteiger partial charge in [-0.05, 0) is 92.1 Å². The largest absolute Gasteiger partial charge is 0.462 e. The first-order valence-corrected chi connectivity index (χ1v) is 13.1. The van der Waals surface area contributed by atoms with Crippen LogP contribution in [0.2, 0.25) is 0 Å². The average molecular weight is 547 g/mol. The summed E-state index contributed by atoms with van der Waals surface area (Å²) in [6.45, 7) is 5.92. The molecule has 0 aromatic heterocycles. The fourth-order valence-electron chi connectivity index (χ4n) is 3.46. The van der Waals surface area contributed by atoms with Crippen molar-refractivity contribution in [1.82, 2.24) is 0 Å². The molecule has 9 heteroatoms. The number of anilines is 2. The third-order valence-electron chi connectivity index (χ3n) is 5.91. The van der Waals surface area contributed by atoms with Gasteiger partial charge in [0.05, 0.1) is 18.6 Å². The summed E-state index contributed by atoms with van der Waals surface area (Å²) in [6, 6.07) is 18.9. The monoisotopic (exact) mass is 546 g/mol. The van der Waals surface area contributed by atoms with Crippen LogP contribution in [-0.2, 0) is 23.9 Å². The predicted octanol–water partition coefficient (Wildman–Crippen LogP) is 5.95. The molecule has 0 atom stereocenters. The van der Waals surface area contributed by atoms with Crippen LogP contribution in [0.3, 0.4) is 0 Å². The lowest BCUT2D eigenvalue weighted by molar-refractivity contribution is -0.147. The number of unbranched alkanes of at least 4 members (excludes halogenated alkanes) is 1. The second-order valence-electron chi connectivity index (χ2n) is 9.20. The lowest BCUT2D eigenvalue weighted by Crippen LogP contribution is -2.21. The Morgan fingerprint density at radius 2 is 1.32 bits per heavy atom. The van der Waals surface area contributed by atoms with E-state index in [1.54, 1.807) is 48.5 Å². The summed E-state index contributed by atoms with van der Waals surface area (Å²) in [4.78, 5) is 48.3. The van der Waals surface area contributed by atoms with Crippen molar-refractivity contribution in [1.29, 1.82) is 0 Å². The Morgan fingerprint density at radius 1 is 0.700 bits per heavy atom. The van der Waals surface area contributed by atoms with E-state index in [0.29, 0.717) is 29.3 Å². The first-order valence-electron chi connectivity index (χ1n) is 13.1. The first kappa shape index (κ1) is 29.9. The van der Waals surface area contributed by atoms with Crippen LogP contribution in [0.5, 0.6) is 11.5 Å². The number of nitrogens with one attached hydrogen (secondary N) is 2. The molecule has 0 aliphatic heterocycles. The van der Waals surface area contributed by atoms with E-state index in [1.807, 2.05) is 39.0 Å². The van der Waals surface area contributed by atoms with Gasteiger partial charge in [-0.1, -0.05) is 19.4 Å². The summed E-state index contributed by atoms with van der Waals surface area (Å²) in [5.41, 5.74) is 3.69.